The number of carbonyl (C=O) groups is 2. The molecule has 1 saturated heterocycles. The van der Waals surface area contributed by atoms with Gasteiger partial charge in [0.15, 0.2) is 5.78 Å². The number of hydrogen-bond acceptors (Lipinski definition) is 7. The lowest BCUT2D eigenvalue weighted by molar-refractivity contribution is -0.122. The number of nitrogens with one attached hydrogen (secondary N) is 3. The van der Waals surface area contributed by atoms with Gasteiger partial charge >= 0.3 is 0 Å². The molecular formula is C26H24FN7O2. The zero-order valence-electron chi connectivity index (χ0n) is 19.4. The number of fused-ring (bicyclic) bond motifs is 1. The molecule has 1 atom stereocenters. The average molecular weight is 486 g/mol. The SMILES string of the molecule is O=C1CC(Nc2ncnc3[nH]cc(C(=O)c4ccc(Cc5ccc(C6CC6)nc5)nc4F)c23)CCN1. The highest BCUT2D eigenvalue weighted by Gasteiger charge is 2.26. The fourth-order valence-electron chi connectivity index (χ4n) is 4.61. The van der Waals surface area contributed by atoms with Crippen LogP contribution in [0.2, 0.25) is 0 Å². The monoisotopic (exact) mass is 485 g/mol. The smallest absolute Gasteiger partial charge is 0.224 e. The Balaban J connectivity index is 1.24. The highest BCUT2D eigenvalue weighted by atomic mass is 19.1. The van der Waals surface area contributed by atoms with E-state index in [1.807, 2.05) is 18.3 Å². The molecule has 182 valence electrons. The van der Waals surface area contributed by atoms with Crippen molar-refractivity contribution in [1.82, 2.24) is 30.2 Å². The number of amides is 1. The third kappa shape index (κ3) is 4.41. The zero-order chi connectivity index (χ0) is 24.6. The van der Waals surface area contributed by atoms with Crippen LogP contribution in [0.3, 0.4) is 0 Å². The number of aromatic amines is 1. The van der Waals surface area contributed by atoms with Crippen LogP contribution >= 0.6 is 0 Å². The normalized spacial score (nSPS) is 17.7. The maximum absolute atomic E-state index is 15.0. The average Bonchev–Trinajstić information content (AvgIpc) is 3.63. The summed E-state index contributed by atoms with van der Waals surface area (Å²) in [5, 5.41) is 6.50. The Bertz CT molecular complexity index is 1460. The number of H-pyrrole nitrogens is 1. The van der Waals surface area contributed by atoms with Gasteiger partial charge in [-0.05, 0) is 43.0 Å². The number of halogens is 1. The topological polar surface area (TPSA) is 126 Å². The van der Waals surface area contributed by atoms with Crippen molar-refractivity contribution in [3.8, 4) is 0 Å². The summed E-state index contributed by atoms with van der Waals surface area (Å²) in [5.74, 6) is -0.390. The molecule has 0 radical (unpaired) electrons. The van der Waals surface area contributed by atoms with E-state index in [9.17, 15) is 9.59 Å². The molecule has 4 aromatic rings. The molecule has 6 rings (SSSR count). The molecule has 2 aliphatic rings. The maximum atomic E-state index is 15.0. The Morgan fingerprint density at radius 3 is 2.72 bits per heavy atom. The van der Waals surface area contributed by atoms with Gasteiger partial charge in [0.1, 0.15) is 17.8 Å². The Morgan fingerprint density at radius 2 is 1.97 bits per heavy atom. The van der Waals surface area contributed by atoms with Gasteiger partial charge in [-0.15, -0.1) is 0 Å². The summed E-state index contributed by atoms with van der Waals surface area (Å²) >= 11 is 0. The van der Waals surface area contributed by atoms with Crippen LogP contribution in [0, 0.1) is 5.95 Å². The molecule has 1 aliphatic heterocycles. The molecule has 4 aromatic heterocycles. The fraction of sp³-hybridized carbons (Fsp3) is 0.308. The first-order chi connectivity index (χ1) is 17.5. The van der Waals surface area contributed by atoms with Crippen LogP contribution in [0.4, 0.5) is 10.2 Å². The number of nitrogens with zero attached hydrogens (tertiary/aromatic N) is 4. The molecule has 5 heterocycles. The number of aromatic nitrogens is 5. The van der Waals surface area contributed by atoms with Crippen LogP contribution in [0.1, 0.15) is 64.5 Å². The van der Waals surface area contributed by atoms with E-state index in [0.29, 0.717) is 47.8 Å². The van der Waals surface area contributed by atoms with Crippen LogP contribution in [0.25, 0.3) is 11.0 Å². The van der Waals surface area contributed by atoms with Crippen LogP contribution in [0.5, 0.6) is 0 Å². The number of anilines is 1. The van der Waals surface area contributed by atoms with Gasteiger partial charge in [0.25, 0.3) is 0 Å². The van der Waals surface area contributed by atoms with Gasteiger partial charge < -0.3 is 15.6 Å². The Kier molecular flexibility index (Phi) is 5.63. The van der Waals surface area contributed by atoms with Crippen molar-refractivity contribution in [3.05, 3.63) is 77.0 Å². The lowest BCUT2D eigenvalue weighted by Crippen LogP contribution is -2.39. The van der Waals surface area contributed by atoms with Crippen LogP contribution < -0.4 is 10.6 Å². The highest BCUT2D eigenvalue weighted by molar-refractivity contribution is 6.18. The Hall–Kier alpha value is -4.21. The van der Waals surface area contributed by atoms with Crippen molar-refractivity contribution in [2.24, 2.45) is 0 Å². The van der Waals surface area contributed by atoms with Crippen molar-refractivity contribution in [2.45, 2.75) is 44.1 Å². The first-order valence-corrected chi connectivity index (χ1v) is 12.1. The molecule has 0 spiro atoms. The molecule has 10 heteroatoms. The molecule has 9 nitrogen and oxygen atoms in total. The molecule has 1 saturated carbocycles. The summed E-state index contributed by atoms with van der Waals surface area (Å²) < 4.78 is 15.0. The molecule has 1 unspecified atom stereocenters. The van der Waals surface area contributed by atoms with Crippen LogP contribution in [-0.2, 0) is 11.2 Å². The Morgan fingerprint density at radius 1 is 1.08 bits per heavy atom. The molecule has 3 N–H and O–H groups in total. The first kappa shape index (κ1) is 22.3. The van der Waals surface area contributed by atoms with E-state index in [4.69, 9.17) is 0 Å². The zero-order valence-corrected chi connectivity index (χ0v) is 19.4. The lowest BCUT2D eigenvalue weighted by atomic mass is 10.0. The van der Waals surface area contributed by atoms with Gasteiger partial charge in [0.05, 0.1) is 16.5 Å². The number of rotatable bonds is 7. The summed E-state index contributed by atoms with van der Waals surface area (Å²) in [6, 6.07) is 7.02. The molecule has 0 aromatic carbocycles. The predicted molar refractivity (Wildman–Crippen MR) is 130 cm³/mol. The lowest BCUT2D eigenvalue weighted by Gasteiger charge is -2.23. The highest BCUT2D eigenvalue weighted by Crippen LogP contribution is 2.38. The summed E-state index contributed by atoms with van der Waals surface area (Å²) in [4.78, 5) is 45.1. The largest absolute Gasteiger partial charge is 0.366 e. The minimum Gasteiger partial charge on any atom is -0.366 e. The molecule has 36 heavy (non-hydrogen) atoms. The molecule has 2 fully saturated rings. The third-order valence-electron chi connectivity index (χ3n) is 6.68. The van der Waals surface area contributed by atoms with Crippen molar-refractivity contribution in [2.75, 3.05) is 11.9 Å². The standard InChI is InChI=1S/C26H24FN7O2/c27-24-18(5-4-16(33-24)9-14-1-6-20(29-11-14)15-2-3-15)23(36)19-12-30-25-22(19)26(32-13-31-25)34-17-7-8-28-21(35)10-17/h1,4-6,11-13,15,17H,2-3,7-10H2,(H,28,35)(H2,30,31,32,34). The van der Waals surface area contributed by atoms with Gasteiger partial charge in [0.2, 0.25) is 11.9 Å². The van der Waals surface area contributed by atoms with Crippen molar-refractivity contribution in [1.29, 1.82) is 0 Å². The summed E-state index contributed by atoms with van der Waals surface area (Å²) in [6.45, 7) is 0.563. The van der Waals surface area contributed by atoms with Crippen LogP contribution in [-0.4, -0.2) is 49.2 Å². The summed E-state index contributed by atoms with van der Waals surface area (Å²) in [6.07, 6.45) is 8.51. The van der Waals surface area contributed by atoms with Gasteiger partial charge in [0, 0.05) is 55.1 Å². The van der Waals surface area contributed by atoms with Gasteiger partial charge in [-0.3, -0.25) is 14.6 Å². The Labute approximate surface area is 206 Å². The summed E-state index contributed by atoms with van der Waals surface area (Å²) in [7, 11) is 0. The number of pyridine rings is 2. The molecular weight excluding hydrogens is 461 g/mol. The second-order valence-corrected chi connectivity index (χ2v) is 9.34. The van der Waals surface area contributed by atoms with Gasteiger partial charge in [-0.2, -0.15) is 4.39 Å². The van der Waals surface area contributed by atoms with Gasteiger partial charge in [-0.1, -0.05) is 6.07 Å². The third-order valence-corrected chi connectivity index (χ3v) is 6.68. The second-order valence-electron chi connectivity index (χ2n) is 9.34. The van der Waals surface area contributed by atoms with E-state index < -0.39 is 11.7 Å². The first-order valence-electron chi connectivity index (χ1n) is 12.1. The molecule has 0 bridgehead atoms. The van der Waals surface area contributed by atoms with Gasteiger partial charge in [-0.25, -0.2) is 15.0 Å². The minimum atomic E-state index is -0.829. The van der Waals surface area contributed by atoms with Crippen molar-refractivity contribution in [3.63, 3.8) is 0 Å². The van der Waals surface area contributed by atoms with E-state index in [2.05, 4.69) is 35.6 Å². The van der Waals surface area contributed by atoms with E-state index in [1.54, 1.807) is 6.07 Å². The van der Waals surface area contributed by atoms with E-state index in [0.717, 1.165) is 17.7 Å². The number of hydrogen-bond donors (Lipinski definition) is 3. The van der Waals surface area contributed by atoms with Crippen molar-refractivity contribution >= 4 is 28.5 Å². The van der Waals surface area contributed by atoms with Crippen molar-refractivity contribution < 1.29 is 14.0 Å². The molecule has 1 amide bonds. The maximum Gasteiger partial charge on any atom is 0.224 e. The quantitative estimate of drug-likeness (QED) is 0.271. The molecule has 1 aliphatic carbocycles. The predicted octanol–water partition coefficient (Wildman–Crippen LogP) is 3.28. The summed E-state index contributed by atoms with van der Waals surface area (Å²) in [5.41, 5.74) is 3.11. The number of ketones is 1. The second kappa shape index (κ2) is 9.10. The minimum absolute atomic E-state index is 0.0442. The number of piperidine rings is 1. The van der Waals surface area contributed by atoms with Crippen LogP contribution in [0.15, 0.2) is 43.0 Å². The fourth-order valence-corrected chi connectivity index (χ4v) is 4.61. The number of carbonyl (C=O) groups excluding carboxylic acids is 2. The van der Waals surface area contributed by atoms with E-state index >= 15 is 4.39 Å². The van der Waals surface area contributed by atoms with E-state index in [1.165, 1.54) is 31.4 Å². The van der Waals surface area contributed by atoms with E-state index in [-0.39, 0.29) is 23.1 Å².